The number of ether oxygens (including phenoxy) is 2. The molecule has 1 heterocycles. The van der Waals surface area contributed by atoms with Crippen molar-refractivity contribution in [2.24, 2.45) is 0 Å². The van der Waals surface area contributed by atoms with Crippen LogP contribution in [0.4, 0.5) is 0 Å². The molecule has 0 radical (unpaired) electrons. The molecule has 0 N–H and O–H groups in total. The minimum Gasteiger partial charge on any atom is -0.497 e. The Balaban J connectivity index is 1.43. The van der Waals surface area contributed by atoms with Crippen LogP contribution < -0.4 is 9.47 Å². The molecule has 3 aromatic carbocycles. The number of esters is 1. The van der Waals surface area contributed by atoms with E-state index in [2.05, 4.69) is 10.2 Å². The van der Waals surface area contributed by atoms with Gasteiger partial charge in [0, 0.05) is 5.69 Å². The fourth-order valence-corrected chi connectivity index (χ4v) is 3.59. The van der Waals surface area contributed by atoms with E-state index in [1.807, 2.05) is 66.1 Å². The van der Waals surface area contributed by atoms with Crippen molar-refractivity contribution in [1.82, 2.24) is 14.8 Å². The summed E-state index contributed by atoms with van der Waals surface area (Å²) in [6.07, 6.45) is 1.63. The number of carbonyl (C=O) groups excluding carboxylic acids is 1. The maximum atomic E-state index is 12.3. The van der Waals surface area contributed by atoms with Gasteiger partial charge in [-0.3, -0.25) is 9.36 Å². The summed E-state index contributed by atoms with van der Waals surface area (Å²) in [6, 6.07) is 19.3. The zero-order valence-electron chi connectivity index (χ0n) is 16.0. The third-order valence-electron chi connectivity index (χ3n) is 4.40. The molecular weight excluding hydrogens is 386 g/mol. The molecule has 0 unspecified atom stereocenters. The molecule has 0 fully saturated rings. The minimum absolute atomic E-state index is 0.126. The third kappa shape index (κ3) is 4.41. The van der Waals surface area contributed by atoms with Gasteiger partial charge < -0.3 is 9.47 Å². The van der Waals surface area contributed by atoms with Crippen molar-refractivity contribution in [3.63, 3.8) is 0 Å². The van der Waals surface area contributed by atoms with Crippen LogP contribution in [-0.2, 0) is 4.79 Å². The van der Waals surface area contributed by atoms with Gasteiger partial charge in [-0.2, -0.15) is 0 Å². The van der Waals surface area contributed by atoms with E-state index in [9.17, 15) is 4.79 Å². The smallest absolute Gasteiger partial charge is 0.321 e. The summed E-state index contributed by atoms with van der Waals surface area (Å²) >= 11 is 1.28. The number of benzene rings is 3. The van der Waals surface area contributed by atoms with E-state index in [0.717, 1.165) is 22.2 Å². The zero-order chi connectivity index (χ0) is 20.2. The van der Waals surface area contributed by atoms with Gasteiger partial charge in [0.2, 0.25) is 0 Å². The Morgan fingerprint density at radius 2 is 1.72 bits per heavy atom. The highest BCUT2D eigenvalue weighted by molar-refractivity contribution is 7.99. The Morgan fingerprint density at radius 1 is 1.00 bits per heavy atom. The van der Waals surface area contributed by atoms with Crippen LogP contribution in [0, 0.1) is 6.92 Å². The summed E-state index contributed by atoms with van der Waals surface area (Å²) in [5, 5.41) is 10.7. The molecule has 0 atom stereocenters. The van der Waals surface area contributed by atoms with E-state index in [1.54, 1.807) is 19.5 Å². The summed E-state index contributed by atoms with van der Waals surface area (Å²) in [4.78, 5) is 12.3. The molecular formula is C22H19N3O3S. The first-order valence-corrected chi connectivity index (χ1v) is 9.99. The Labute approximate surface area is 172 Å². The van der Waals surface area contributed by atoms with Crippen LogP contribution in [0.25, 0.3) is 16.5 Å². The molecule has 146 valence electrons. The molecule has 29 heavy (non-hydrogen) atoms. The number of hydrogen-bond acceptors (Lipinski definition) is 6. The van der Waals surface area contributed by atoms with Gasteiger partial charge >= 0.3 is 5.97 Å². The van der Waals surface area contributed by atoms with Crippen molar-refractivity contribution >= 4 is 28.5 Å². The second kappa shape index (κ2) is 8.36. The first kappa shape index (κ1) is 19.0. The van der Waals surface area contributed by atoms with Gasteiger partial charge in [-0.25, -0.2) is 0 Å². The van der Waals surface area contributed by atoms with Gasteiger partial charge in [-0.15, -0.1) is 10.2 Å². The molecule has 0 saturated heterocycles. The fourth-order valence-electron chi connectivity index (χ4n) is 2.88. The number of aryl methyl sites for hydroxylation is 1. The number of nitrogens with zero attached hydrogens (tertiary/aromatic N) is 3. The van der Waals surface area contributed by atoms with Gasteiger partial charge in [-0.05, 0) is 54.1 Å². The molecule has 0 aliphatic rings. The van der Waals surface area contributed by atoms with Crippen molar-refractivity contribution in [2.45, 2.75) is 12.1 Å². The molecule has 0 bridgehead atoms. The van der Waals surface area contributed by atoms with Crippen LogP contribution in [0.3, 0.4) is 0 Å². The Kier molecular flexibility index (Phi) is 5.48. The van der Waals surface area contributed by atoms with Gasteiger partial charge in [0.1, 0.15) is 17.8 Å². The van der Waals surface area contributed by atoms with Gasteiger partial charge in [0.15, 0.2) is 5.16 Å². The zero-order valence-corrected chi connectivity index (χ0v) is 16.8. The second-order valence-corrected chi connectivity index (χ2v) is 7.40. The van der Waals surface area contributed by atoms with Gasteiger partial charge in [0.25, 0.3) is 0 Å². The lowest BCUT2D eigenvalue weighted by atomic mass is 10.1. The number of thioether (sulfide) groups is 1. The number of fused-ring (bicyclic) bond motifs is 1. The first-order valence-electron chi connectivity index (χ1n) is 9.01. The quantitative estimate of drug-likeness (QED) is 0.268. The molecule has 6 nitrogen and oxygen atoms in total. The minimum atomic E-state index is -0.351. The highest BCUT2D eigenvalue weighted by Crippen LogP contribution is 2.26. The van der Waals surface area contributed by atoms with E-state index in [-0.39, 0.29) is 11.7 Å². The highest BCUT2D eigenvalue weighted by atomic mass is 32.2. The van der Waals surface area contributed by atoms with Crippen LogP contribution >= 0.6 is 11.8 Å². The summed E-state index contributed by atoms with van der Waals surface area (Å²) in [6.45, 7) is 2.03. The number of methoxy groups -OCH3 is 1. The van der Waals surface area contributed by atoms with Gasteiger partial charge in [0.05, 0.1) is 12.9 Å². The Morgan fingerprint density at radius 3 is 2.48 bits per heavy atom. The molecule has 1 aromatic heterocycles. The number of hydrogen-bond donors (Lipinski definition) is 0. The van der Waals surface area contributed by atoms with Gasteiger partial charge in [-0.1, -0.05) is 41.6 Å². The SMILES string of the molecule is COc1ccc2ccc(OC(=O)CSc3nncn3-c3ccc(C)cc3)cc2c1. The van der Waals surface area contributed by atoms with Crippen LogP contribution in [0.15, 0.2) is 72.1 Å². The largest absolute Gasteiger partial charge is 0.497 e. The van der Waals surface area contributed by atoms with Crippen LogP contribution in [-0.4, -0.2) is 33.6 Å². The van der Waals surface area contributed by atoms with E-state index in [1.165, 1.54) is 17.3 Å². The van der Waals surface area contributed by atoms with Crippen LogP contribution in [0.1, 0.15) is 5.56 Å². The van der Waals surface area contributed by atoms with E-state index in [0.29, 0.717) is 10.9 Å². The summed E-state index contributed by atoms with van der Waals surface area (Å²) in [5.41, 5.74) is 2.12. The Hall–Kier alpha value is -3.32. The van der Waals surface area contributed by atoms with Crippen molar-refractivity contribution in [2.75, 3.05) is 12.9 Å². The maximum Gasteiger partial charge on any atom is 0.321 e. The average molecular weight is 405 g/mol. The molecule has 0 aliphatic carbocycles. The highest BCUT2D eigenvalue weighted by Gasteiger charge is 2.12. The molecule has 0 saturated carbocycles. The lowest BCUT2D eigenvalue weighted by Gasteiger charge is -2.08. The third-order valence-corrected chi connectivity index (χ3v) is 5.31. The topological polar surface area (TPSA) is 66.2 Å². The summed E-state index contributed by atoms with van der Waals surface area (Å²) < 4.78 is 12.6. The van der Waals surface area contributed by atoms with E-state index in [4.69, 9.17) is 9.47 Å². The van der Waals surface area contributed by atoms with Crippen molar-refractivity contribution in [3.8, 4) is 17.2 Å². The first-order chi connectivity index (χ1) is 14.1. The number of rotatable bonds is 6. The van der Waals surface area contributed by atoms with Crippen molar-refractivity contribution in [3.05, 3.63) is 72.6 Å². The van der Waals surface area contributed by atoms with Crippen LogP contribution in [0.5, 0.6) is 11.5 Å². The Bertz CT molecular complexity index is 1160. The number of carbonyl (C=O) groups is 1. The monoisotopic (exact) mass is 405 g/mol. The lowest BCUT2D eigenvalue weighted by Crippen LogP contribution is -2.11. The van der Waals surface area contributed by atoms with Crippen molar-refractivity contribution in [1.29, 1.82) is 0 Å². The lowest BCUT2D eigenvalue weighted by molar-refractivity contribution is -0.131. The summed E-state index contributed by atoms with van der Waals surface area (Å²) in [5.74, 6) is 1.03. The molecule has 0 amide bonds. The molecule has 0 aliphatic heterocycles. The summed E-state index contributed by atoms with van der Waals surface area (Å²) in [7, 11) is 1.62. The fraction of sp³-hybridized carbons (Fsp3) is 0.136. The maximum absolute atomic E-state index is 12.3. The standard InChI is InChI=1S/C22H19N3O3S/c1-15-3-7-18(8-4-15)25-14-23-24-22(25)29-13-21(26)28-20-10-6-16-5-9-19(27-2)11-17(16)12-20/h3-12,14H,13H2,1-2H3. The van der Waals surface area contributed by atoms with E-state index >= 15 is 0 Å². The van der Waals surface area contributed by atoms with Crippen LogP contribution in [0.2, 0.25) is 0 Å². The molecule has 0 spiro atoms. The molecule has 4 rings (SSSR count). The second-order valence-electron chi connectivity index (χ2n) is 6.46. The number of aromatic nitrogens is 3. The van der Waals surface area contributed by atoms with E-state index < -0.39 is 0 Å². The molecule has 4 aromatic rings. The predicted octanol–water partition coefficient (Wildman–Crippen LogP) is 4.44. The average Bonchev–Trinajstić information content (AvgIpc) is 3.21. The molecule has 7 heteroatoms. The predicted molar refractivity (Wildman–Crippen MR) is 113 cm³/mol. The normalized spacial score (nSPS) is 10.8. The van der Waals surface area contributed by atoms with Crippen molar-refractivity contribution < 1.29 is 14.3 Å².